The summed E-state index contributed by atoms with van der Waals surface area (Å²) in [6.45, 7) is 0.526. The first kappa shape index (κ1) is 14.3. The lowest BCUT2D eigenvalue weighted by Gasteiger charge is -2.02. The summed E-state index contributed by atoms with van der Waals surface area (Å²) in [5, 5.41) is 5.63. The quantitative estimate of drug-likeness (QED) is 0.511. The number of para-hydroxylation sites is 1. The first-order chi connectivity index (χ1) is 10.7. The highest BCUT2D eigenvalue weighted by molar-refractivity contribution is 7.12. The predicted molar refractivity (Wildman–Crippen MR) is 90.3 cm³/mol. The van der Waals surface area contributed by atoms with Gasteiger partial charge in [0.2, 0.25) is 0 Å². The van der Waals surface area contributed by atoms with Gasteiger partial charge in [-0.1, -0.05) is 24.3 Å². The number of hydrogen-bond acceptors (Lipinski definition) is 3. The second-order valence-electron chi connectivity index (χ2n) is 4.81. The zero-order chi connectivity index (χ0) is 15.4. The number of hydrogen-bond donors (Lipinski definition) is 3. The number of nitrogens with one attached hydrogen (secondary N) is 2. The van der Waals surface area contributed by atoms with E-state index in [0.717, 1.165) is 11.9 Å². The maximum absolute atomic E-state index is 11.8. The molecule has 0 aliphatic rings. The second kappa shape index (κ2) is 6.44. The number of carbonyl (C=O) groups is 1. The molecule has 1 amide bonds. The van der Waals surface area contributed by atoms with E-state index in [0.29, 0.717) is 11.4 Å². The van der Waals surface area contributed by atoms with Crippen molar-refractivity contribution in [3.8, 4) is 0 Å². The lowest BCUT2D eigenvalue weighted by Crippen LogP contribution is -2.36. The van der Waals surface area contributed by atoms with Gasteiger partial charge in [-0.15, -0.1) is 11.3 Å². The highest BCUT2D eigenvalue weighted by Crippen LogP contribution is 2.17. The highest BCUT2D eigenvalue weighted by Gasteiger charge is 2.07. The van der Waals surface area contributed by atoms with Crippen molar-refractivity contribution in [1.29, 1.82) is 0 Å². The molecule has 0 saturated carbocycles. The third kappa shape index (κ3) is 3.17. The number of carbonyl (C=O) groups excluding carboxylic acids is 1. The summed E-state index contributed by atoms with van der Waals surface area (Å²) >= 11 is 1.37. The first-order valence-corrected chi connectivity index (χ1v) is 7.82. The average molecular weight is 312 g/mol. The Morgan fingerprint density at radius 1 is 1.27 bits per heavy atom. The Balaban J connectivity index is 1.58. The minimum absolute atomic E-state index is 0.151. The topological polar surface area (TPSA) is 83.3 Å². The molecule has 4 N–H and O–H groups in total. The Morgan fingerprint density at radius 2 is 2.14 bits per heavy atom. The molecule has 0 spiro atoms. The molecule has 6 heteroatoms. The molecule has 0 fully saturated rings. The van der Waals surface area contributed by atoms with Gasteiger partial charge >= 0.3 is 0 Å². The number of amides is 1. The van der Waals surface area contributed by atoms with Crippen LogP contribution in [0.5, 0.6) is 0 Å². The molecule has 3 aromatic rings. The van der Waals surface area contributed by atoms with Gasteiger partial charge in [0.1, 0.15) is 0 Å². The number of aromatic amines is 1. The number of thiophene rings is 1. The van der Waals surface area contributed by atoms with E-state index in [1.165, 1.54) is 22.3 Å². The minimum Gasteiger partial charge on any atom is -0.370 e. The summed E-state index contributed by atoms with van der Waals surface area (Å²) < 4.78 is 0. The molecule has 5 nitrogen and oxygen atoms in total. The van der Waals surface area contributed by atoms with Gasteiger partial charge in [-0.3, -0.25) is 15.1 Å². The van der Waals surface area contributed by atoms with Gasteiger partial charge in [-0.25, -0.2) is 0 Å². The number of nitrogens with zero attached hydrogens (tertiary/aromatic N) is 1. The third-order valence-corrected chi connectivity index (χ3v) is 4.19. The van der Waals surface area contributed by atoms with Gasteiger partial charge < -0.3 is 10.7 Å². The van der Waals surface area contributed by atoms with Crippen LogP contribution in [0.25, 0.3) is 10.9 Å². The molecule has 3 rings (SSSR count). The Hall–Kier alpha value is -2.60. The molecular formula is C16H16N4OS. The monoisotopic (exact) mass is 312 g/mol. The number of guanidine groups is 1. The molecule has 0 radical (unpaired) electrons. The summed E-state index contributed by atoms with van der Waals surface area (Å²) in [6.07, 6.45) is 2.75. The number of aliphatic imine (C=N–C) groups is 1. The van der Waals surface area contributed by atoms with Crippen LogP contribution in [0, 0.1) is 0 Å². The van der Waals surface area contributed by atoms with Crippen LogP contribution in [0.4, 0.5) is 0 Å². The Bertz CT molecular complexity index is 805. The van der Waals surface area contributed by atoms with E-state index in [9.17, 15) is 4.79 Å². The number of aromatic nitrogens is 1. The van der Waals surface area contributed by atoms with E-state index in [2.05, 4.69) is 21.4 Å². The number of fused-ring (bicyclic) bond motifs is 1. The van der Waals surface area contributed by atoms with Crippen molar-refractivity contribution in [2.24, 2.45) is 10.7 Å². The van der Waals surface area contributed by atoms with Crippen molar-refractivity contribution in [1.82, 2.24) is 10.3 Å². The van der Waals surface area contributed by atoms with E-state index in [1.807, 2.05) is 35.8 Å². The fraction of sp³-hybridized carbons (Fsp3) is 0.125. The van der Waals surface area contributed by atoms with E-state index in [4.69, 9.17) is 5.73 Å². The van der Waals surface area contributed by atoms with Crippen LogP contribution in [-0.2, 0) is 6.42 Å². The Kier molecular flexibility index (Phi) is 4.20. The molecule has 0 saturated heterocycles. The number of nitrogens with two attached hydrogens (primary N) is 1. The summed E-state index contributed by atoms with van der Waals surface area (Å²) in [7, 11) is 0. The fourth-order valence-electron chi connectivity index (χ4n) is 2.26. The van der Waals surface area contributed by atoms with E-state index in [-0.39, 0.29) is 11.9 Å². The van der Waals surface area contributed by atoms with Crippen LogP contribution in [0.3, 0.4) is 0 Å². The normalized spacial score (nSPS) is 11.7. The maximum Gasteiger partial charge on any atom is 0.268 e. The standard InChI is InChI=1S/C16H16N4OS/c17-16(20-15(21)14-6-3-9-22-14)18-8-7-11-10-19-13-5-2-1-4-12(11)13/h1-6,9-10,19H,7-8H2,(H3,17,18,20,21). The molecule has 2 heterocycles. The van der Waals surface area contributed by atoms with Crippen LogP contribution in [0.15, 0.2) is 53.0 Å². The van der Waals surface area contributed by atoms with Gasteiger partial charge in [-0.05, 0) is 29.5 Å². The molecule has 2 aromatic heterocycles. The summed E-state index contributed by atoms with van der Waals surface area (Å²) in [5.74, 6) is -0.0680. The Labute approximate surface area is 131 Å². The van der Waals surface area contributed by atoms with E-state index < -0.39 is 0 Å². The van der Waals surface area contributed by atoms with Gasteiger partial charge in [0.15, 0.2) is 5.96 Å². The molecule has 0 unspecified atom stereocenters. The van der Waals surface area contributed by atoms with Crippen LogP contribution < -0.4 is 11.1 Å². The molecule has 0 aliphatic heterocycles. The first-order valence-electron chi connectivity index (χ1n) is 6.94. The molecular weight excluding hydrogens is 296 g/mol. The van der Waals surface area contributed by atoms with Crippen molar-refractivity contribution in [2.75, 3.05) is 6.54 Å². The summed E-state index contributed by atoms with van der Waals surface area (Å²) in [6, 6.07) is 11.7. The van der Waals surface area contributed by atoms with Gasteiger partial charge in [0.25, 0.3) is 5.91 Å². The van der Waals surface area contributed by atoms with E-state index in [1.54, 1.807) is 6.07 Å². The number of H-pyrrole nitrogens is 1. The summed E-state index contributed by atoms with van der Waals surface area (Å²) in [5.41, 5.74) is 8.05. The molecule has 1 aromatic carbocycles. The second-order valence-corrected chi connectivity index (χ2v) is 5.76. The number of benzene rings is 1. The zero-order valence-corrected chi connectivity index (χ0v) is 12.7. The zero-order valence-electron chi connectivity index (χ0n) is 11.9. The van der Waals surface area contributed by atoms with Crippen molar-refractivity contribution < 1.29 is 4.79 Å². The van der Waals surface area contributed by atoms with Crippen LogP contribution in [-0.4, -0.2) is 23.4 Å². The predicted octanol–water partition coefficient (Wildman–Crippen LogP) is 2.52. The van der Waals surface area contributed by atoms with Crippen LogP contribution in [0.1, 0.15) is 15.2 Å². The third-order valence-electron chi connectivity index (χ3n) is 3.32. The van der Waals surface area contributed by atoms with Crippen LogP contribution in [0.2, 0.25) is 0 Å². The molecule has 112 valence electrons. The smallest absolute Gasteiger partial charge is 0.268 e. The van der Waals surface area contributed by atoms with Gasteiger partial charge in [-0.2, -0.15) is 0 Å². The molecule has 0 bridgehead atoms. The summed E-state index contributed by atoms with van der Waals surface area (Å²) in [4.78, 5) is 19.9. The van der Waals surface area contributed by atoms with Gasteiger partial charge in [0, 0.05) is 23.6 Å². The van der Waals surface area contributed by atoms with Crippen molar-refractivity contribution >= 4 is 34.1 Å². The van der Waals surface area contributed by atoms with Crippen molar-refractivity contribution in [2.45, 2.75) is 6.42 Å². The maximum atomic E-state index is 11.8. The Morgan fingerprint density at radius 3 is 2.95 bits per heavy atom. The largest absolute Gasteiger partial charge is 0.370 e. The van der Waals surface area contributed by atoms with Crippen LogP contribution >= 0.6 is 11.3 Å². The molecule has 0 aliphatic carbocycles. The SMILES string of the molecule is NC(=NCCc1c[nH]c2ccccc12)NC(=O)c1cccs1. The van der Waals surface area contributed by atoms with Gasteiger partial charge in [0.05, 0.1) is 4.88 Å². The highest BCUT2D eigenvalue weighted by atomic mass is 32.1. The van der Waals surface area contributed by atoms with Crippen molar-refractivity contribution in [3.05, 3.63) is 58.4 Å². The molecule has 22 heavy (non-hydrogen) atoms. The average Bonchev–Trinajstić information content (AvgIpc) is 3.17. The molecule has 0 atom stereocenters. The lowest BCUT2D eigenvalue weighted by atomic mass is 10.1. The minimum atomic E-state index is -0.219. The van der Waals surface area contributed by atoms with Crippen molar-refractivity contribution in [3.63, 3.8) is 0 Å². The fourth-order valence-corrected chi connectivity index (χ4v) is 2.88. The number of rotatable bonds is 4. The van der Waals surface area contributed by atoms with E-state index >= 15 is 0 Å². The lowest BCUT2D eigenvalue weighted by molar-refractivity contribution is 0.0980.